The minimum absolute atomic E-state index is 0.0399. The first-order valence-corrected chi connectivity index (χ1v) is 12.1. The Morgan fingerprint density at radius 3 is 1.61 bits per heavy atom. The van der Waals surface area contributed by atoms with E-state index in [4.69, 9.17) is 9.47 Å². The Labute approximate surface area is 194 Å². The molecule has 0 heterocycles. The normalized spacial score (nSPS) is 12.8. The molecule has 1 N–H and O–H groups in total. The van der Waals surface area contributed by atoms with Gasteiger partial charge in [0, 0.05) is 12.3 Å². The van der Waals surface area contributed by atoms with Crippen LogP contribution < -0.4 is 5.32 Å². The van der Waals surface area contributed by atoms with Gasteiger partial charge in [-0.3, -0.25) is 4.79 Å². The molecular formula is C23H44N2O5S. The van der Waals surface area contributed by atoms with E-state index < -0.39 is 35.3 Å². The molecule has 0 saturated carbocycles. The standard InChI is InChI=1S/C23H44N2O5S/c1-8-9-10-11-12-13-14-15-16-24-19(26)18(17-31)25(20(27)29-22(2,3)4)21(28)30-23(5,6)7/h18,31H,8-17H2,1-7H3,(H,24,26)/t18-/m0/s1. The van der Waals surface area contributed by atoms with Gasteiger partial charge >= 0.3 is 12.2 Å². The number of amides is 3. The van der Waals surface area contributed by atoms with Gasteiger partial charge < -0.3 is 14.8 Å². The first kappa shape index (κ1) is 29.6. The molecule has 8 heteroatoms. The highest BCUT2D eigenvalue weighted by Gasteiger charge is 2.39. The van der Waals surface area contributed by atoms with Gasteiger partial charge in [0.05, 0.1) is 0 Å². The van der Waals surface area contributed by atoms with Gasteiger partial charge in [0.15, 0.2) is 0 Å². The molecule has 0 rings (SSSR count). The van der Waals surface area contributed by atoms with Crippen molar-refractivity contribution in [3.05, 3.63) is 0 Å². The van der Waals surface area contributed by atoms with Gasteiger partial charge in [-0.1, -0.05) is 51.9 Å². The minimum Gasteiger partial charge on any atom is -0.443 e. The molecule has 3 amide bonds. The molecule has 1 atom stereocenters. The summed E-state index contributed by atoms with van der Waals surface area (Å²) in [6.07, 6.45) is 7.42. The molecule has 0 spiro atoms. The second kappa shape index (κ2) is 14.6. The Balaban J connectivity index is 4.89. The SMILES string of the molecule is CCCCCCCCCCNC(=O)[C@H](CS)N(C(=O)OC(C)(C)C)C(=O)OC(C)(C)C. The fourth-order valence-electron chi connectivity index (χ4n) is 2.82. The van der Waals surface area contributed by atoms with Crippen LogP contribution in [0.25, 0.3) is 0 Å². The number of carbonyl (C=O) groups is 3. The molecule has 0 aliphatic heterocycles. The summed E-state index contributed by atoms with van der Waals surface area (Å²) in [7, 11) is 0. The van der Waals surface area contributed by atoms with Gasteiger partial charge in [0.1, 0.15) is 17.2 Å². The van der Waals surface area contributed by atoms with E-state index in [2.05, 4.69) is 24.9 Å². The van der Waals surface area contributed by atoms with Crippen molar-refractivity contribution in [2.24, 2.45) is 0 Å². The van der Waals surface area contributed by atoms with Crippen LogP contribution in [0.3, 0.4) is 0 Å². The number of ether oxygens (including phenoxy) is 2. The van der Waals surface area contributed by atoms with Crippen LogP contribution in [0.15, 0.2) is 0 Å². The summed E-state index contributed by atoms with van der Waals surface area (Å²) in [5, 5.41) is 2.82. The number of nitrogens with zero attached hydrogens (tertiary/aromatic N) is 1. The number of thiol groups is 1. The first-order valence-electron chi connectivity index (χ1n) is 11.5. The van der Waals surface area contributed by atoms with E-state index in [1.165, 1.54) is 32.1 Å². The predicted molar refractivity (Wildman–Crippen MR) is 128 cm³/mol. The highest BCUT2D eigenvalue weighted by molar-refractivity contribution is 7.80. The van der Waals surface area contributed by atoms with Gasteiger partial charge in [-0.15, -0.1) is 0 Å². The molecule has 0 aromatic rings. The van der Waals surface area contributed by atoms with Gasteiger partial charge in [-0.2, -0.15) is 17.5 Å². The number of unbranched alkanes of at least 4 members (excludes halogenated alkanes) is 7. The summed E-state index contributed by atoms with van der Waals surface area (Å²) >= 11 is 4.21. The zero-order valence-electron chi connectivity index (χ0n) is 20.6. The predicted octanol–water partition coefficient (Wildman–Crippen LogP) is 5.71. The van der Waals surface area contributed by atoms with E-state index in [9.17, 15) is 14.4 Å². The van der Waals surface area contributed by atoms with Crippen molar-refractivity contribution in [1.29, 1.82) is 0 Å². The van der Waals surface area contributed by atoms with Crippen molar-refractivity contribution in [1.82, 2.24) is 10.2 Å². The van der Waals surface area contributed by atoms with E-state index in [0.717, 1.165) is 24.2 Å². The molecule has 31 heavy (non-hydrogen) atoms. The number of imide groups is 1. The summed E-state index contributed by atoms with van der Waals surface area (Å²) in [5.74, 6) is -0.489. The Bertz CT molecular complexity index is 527. The topological polar surface area (TPSA) is 84.9 Å². The lowest BCUT2D eigenvalue weighted by Crippen LogP contribution is -2.55. The molecule has 0 aromatic heterocycles. The molecule has 0 aliphatic rings. The molecule has 0 bridgehead atoms. The van der Waals surface area contributed by atoms with Crippen LogP contribution in [-0.2, 0) is 14.3 Å². The zero-order valence-corrected chi connectivity index (χ0v) is 21.5. The summed E-state index contributed by atoms with van der Waals surface area (Å²) < 4.78 is 10.7. The Morgan fingerprint density at radius 1 is 0.806 bits per heavy atom. The maximum absolute atomic E-state index is 12.7. The van der Waals surface area contributed by atoms with Crippen molar-refractivity contribution in [2.75, 3.05) is 12.3 Å². The first-order chi connectivity index (χ1) is 14.3. The van der Waals surface area contributed by atoms with Crippen molar-refractivity contribution in [3.8, 4) is 0 Å². The second-order valence-electron chi connectivity index (χ2n) is 9.79. The van der Waals surface area contributed by atoms with Crippen LogP contribution in [0.4, 0.5) is 9.59 Å². The fourth-order valence-corrected chi connectivity index (χ4v) is 3.15. The van der Waals surface area contributed by atoms with Gasteiger partial charge in [-0.05, 0) is 48.0 Å². The summed E-state index contributed by atoms with van der Waals surface area (Å²) in [6, 6.07) is -1.12. The second-order valence-corrected chi connectivity index (χ2v) is 10.2. The van der Waals surface area contributed by atoms with Crippen molar-refractivity contribution >= 4 is 30.7 Å². The molecule has 0 fully saturated rings. The van der Waals surface area contributed by atoms with E-state index in [0.29, 0.717) is 6.54 Å². The highest BCUT2D eigenvalue weighted by Crippen LogP contribution is 2.18. The van der Waals surface area contributed by atoms with Crippen LogP contribution >= 0.6 is 12.6 Å². The van der Waals surface area contributed by atoms with E-state index in [-0.39, 0.29) is 5.75 Å². The number of carbonyl (C=O) groups excluding carboxylic acids is 3. The highest BCUT2D eigenvalue weighted by atomic mass is 32.1. The fraction of sp³-hybridized carbons (Fsp3) is 0.870. The summed E-state index contributed by atoms with van der Waals surface area (Å²) in [4.78, 5) is 38.9. The molecule has 0 aliphatic carbocycles. The third-order valence-electron chi connectivity index (χ3n) is 4.30. The van der Waals surface area contributed by atoms with Crippen molar-refractivity contribution in [2.45, 2.75) is 117 Å². The summed E-state index contributed by atoms with van der Waals surface area (Å²) in [5.41, 5.74) is -1.65. The summed E-state index contributed by atoms with van der Waals surface area (Å²) in [6.45, 7) is 12.8. The number of hydrogen-bond acceptors (Lipinski definition) is 6. The smallest absolute Gasteiger partial charge is 0.420 e. The molecule has 0 radical (unpaired) electrons. The zero-order chi connectivity index (χ0) is 24.1. The number of hydrogen-bond donors (Lipinski definition) is 2. The largest absolute Gasteiger partial charge is 0.443 e. The van der Waals surface area contributed by atoms with Crippen molar-refractivity contribution < 1.29 is 23.9 Å². The Morgan fingerprint density at radius 2 is 1.23 bits per heavy atom. The average Bonchev–Trinajstić information content (AvgIpc) is 2.61. The van der Waals surface area contributed by atoms with E-state index >= 15 is 0 Å². The monoisotopic (exact) mass is 460 g/mol. The minimum atomic E-state index is -1.12. The molecule has 0 aromatic carbocycles. The van der Waals surface area contributed by atoms with Crippen LogP contribution in [0, 0.1) is 0 Å². The lowest BCUT2D eigenvalue weighted by molar-refractivity contribution is -0.125. The van der Waals surface area contributed by atoms with E-state index in [1.807, 2.05) is 0 Å². The van der Waals surface area contributed by atoms with Gasteiger partial charge in [0.2, 0.25) is 5.91 Å². The molecule has 0 saturated heterocycles. The van der Waals surface area contributed by atoms with Crippen LogP contribution in [-0.4, -0.2) is 52.5 Å². The maximum atomic E-state index is 12.7. The lowest BCUT2D eigenvalue weighted by Gasteiger charge is -2.32. The Hall–Kier alpha value is -1.44. The maximum Gasteiger partial charge on any atom is 0.420 e. The van der Waals surface area contributed by atoms with Crippen LogP contribution in [0.5, 0.6) is 0 Å². The molecule has 0 unspecified atom stereocenters. The average molecular weight is 461 g/mol. The third-order valence-corrected chi connectivity index (χ3v) is 4.64. The molecule has 182 valence electrons. The van der Waals surface area contributed by atoms with Gasteiger partial charge in [-0.25, -0.2) is 9.59 Å². The van der Waals surface area contributed by atoms with Crippen LogP contribution in [0.2, 0.25) is 0 Å². The quantitative estimate of drug-likeness (QED) is 0.288. The Kier molecular flexibility index (Phi) is 13.9. The van der Waals surface area contributed by atoms with Gasteiger partial charge in [0.25, 0.3) is 0 Å². The molecular weight excluding hydrogens is 416 g/mol. The van der Waals surface area contributed by atoms with Crippen LogP contribution in [0.1, 0.15) is 99.8 Å². The number of rotatable bonds is 12. The lowest BCUT2D eigenvalue weighted by atomic mass is 10.1. The van der Waals surface area contributed by atoms with E-state index in [1.54, 1.807) is 41.5 Å². The molecule has 7 nitrogen and oxygen atoms in total. The third kappa shape index (κ3) is 14.3. The number of nitrogens with one attached hydrogen (secondary N) is 1. The van der Waals surface area contributed by atoms with Crippen molar-refractivity contribution in [3.63, 3.8) is 0 Å².